The molecule has 2 aromatic heterocycles. The van der Waals surface area contributed by atoms with Crippen LogP contribution in [-0.2, 0) is 4.79 Å². The minimum absolute atomic E-state index is 0.261. The van der Waals surface area contributed by atoms with Gasteiger partial charge < -0.3 is 5.32 Å². The average Bonchev–Trinajstić information content (AvgIpc) is 3.24. The van der Waals surface area contributed by atoms with Crippen molar-refractivity contribution in [3.8, 4) is 23.0 Å². The molecule has 1 saturated carbocycles. The fourth-order valence-electron chi connectivity index (χ4n) is 3.81. The summed E-state index contributed by atoms with van der Waals surface area (Å²) in [6.45, 7) is 0. The van der Waals surface area contributed by atoms with Crippen molar-refractivity contribution in [3.05, 3.63) is 72.7 Å². The van der Waals surface area contributed by atoms with Crippen LogP contribution >= 0.6 is 0 Å². The van der Waals surface area contributed by atoms with Gasteiger partial charge in [0.25, 0.3) is 0 Å². The molecule has 0 bridgehead atoms. The molecule has 4 rings (SSSR count). The number of rotatable bonds is 5. The summed E-state index contributed by atoms with van der Waals surface area (Å²) in [5, 5.41) is 17.2. The maximum atomic E-state index is 12.6. The molecule has 150 valence electrons. The van der Waals surface area contributed by atoms with Crippen molar-refractivity contribution >= 4 is 12.0 Å². The number of hydrogen-bond donors (Lipinski definition) is 1. The van der Waals surface area contributed by atoms with E-state index in [4.69, 9.17) is 5.10 Å². The highest BCUT2D eigenvalue weighted by Crippen LogP contribution is 2.28. The van der Waals surface area contributed by atoms with Crippen LogP contribution in [0.1, 0.15) is 37.7 Å². The third-order valence-corrected chi connectivity index (χ3v) is 5.40. The van der Waals surface area contributed by atoms with E-state index in [1.54, 1.807) is 23.2 Å². The fourth-order valence-corrected chi connectivity index (χ4v) is 3.81. The van der Waals surface area contributed by atoms with Crippen LogP contribution in [0, 0.1) is 11.3 Å². The summed E-state index contributed by atoms with van der Waals surface area (Å²) in [5.74, 6) is -0.261. The van der Waals surface area contributed by atoms with Gasteiger partial charge in [0.1, 0.15) is 11.2 Å². The molecule has 1 aromatic carbocycles. The van der Waals surface area contributed by atoms with E-state index in [1.807, 2.05) is 48.7 Å². The number of hydrogen-bond acceptors (Lipinski definition) is 4. The topological polar surface area (TPSA) is 83.6 Å². The lowest BCUT2D eigenvalue weighted by Crippen LogP contribution is -2.48. The van der Waals surface area contributed by atoms with Crippen molar-refractivity contribution in [2.75, 3.05) is 0 Å². The molecule has 6 heteroatoms. The van der Waals surface area contributed by atoms with E-state index in [9.17, 15) is 10.1 Å². The highest BCUT2D eigenvalue weighted by atomic mass is 16.1. The molecular formula is C24H23N5O. The van der Waals surface area contributed by atoms with Crippen molar-refractivity contribution in [3.63, 3.8) is 0 Å². The second-order valence-electron chi connectivity index (χ2n) is 7.53. The van der Waals surface area contributed by atoms with Crippen LogP contribution in [-0.4, -0.2) is 26.2 Å². The number of amides is 1. The Kier molecular flexibility index (Phi) is 5.71. The second kappa shape index (κ2) is 8.75. The average molecular weight is 397 g/mol. The summed E-state index contributed by atoms with van der Waals surface area (Å²) < 4.78 is 1.79. The number of nitrogens with one attached hydrogen (secondary N) is 1. The number of nitriles is 1. The van der Waals surface area contributed by atoms with Crippen LogP contribution in [0.15, 0.2) is 67.1 Å². The van der Waals surface area contributed by atoms with E-state index < -0.39 is 5.54 Å². The lowest BCUT2D eigenvalue weighted by molar-refractivity contribution is -0.118. The van der Waals surface area contributed by atoms with Crippen LogP contribution in [0.3, 0.4) is 0 Å². The predicted octanol–water partition coefficient (Wildman–Crippen LogP) is 4.29. The van der Waals surface area contributed by atoms with Crippen molar-refractivity contribution in [2.45, 2.75) is 37.6 Å². The third kappa shape index (κ3) is 4.31. The summed E-state index contributed by atoms with van der Waals surface area (Å²) in [6.07, 6.45) is 13.0. The lowest BCUT2D eigenvalue weighted by atomic mass is 9.83. The quantitative estimate of drug-likeness (QED) is 0.651. The molecule has 2 heterocycles. The van der Waals surface area contributed by atoms with Gasteiger partial charge in [-0.2, -0.15) is 10.4 Å². The Morgan fingerprint density at radius 1 is 1.13 bits per heavy atom. The van der Waals surface area contributed by atoms with Crippen molar-refractivity contribution in [1.82, 2.24) is 20.1 Å². The number of para-hydroxylation sites is 1. The Hall–Kier alpha value is -3.72. The Bertz CT molecular complexity index is 1070. The molecule has 1 aliphatic rings. The van der Waals surface area contributed by atoms with Gasteiger partial charge in [-0.25, -0.2) is 4.68 Å². The van der Waals surface area contributed by atoms with Crippen LogP contribution in [0.5, 0.6) is 0 Å². The Morgan fingerprint density at radius 2 is 1.93 bits per heavy atom. The first-order valence-electron chi connectivity index (χ1n) is 10.2. The molecule has 0 radical (unpaired) electrons. The molecule has 1 amide bonds. The summed E-state index contributed by atoms with van der Waals surface area (Å²) in [6, 6.07) is 15.9. The largest absolute Gasteiger partial charge is 0.334 e. The molecule has 3 aromatic rings. The first-order chi connectivity index (χ1) is 14.7. The standard InChI is InChI=1S/C24H23N5O/c25-18-24(13-5-2-6-14-24)27-22(30)12-11-20-17-29(21-9-3-1-4-10-21)28-23(20)19-8-7-15-26-16-19/h1,3-4,7-12,15-17H,2,5-6,13-14H2,(H,27,30)/b12-11+. The maximum absolute atomic E-state index is 12.6. The monoisotopic (exact) mass is 397 g/mol. The number of aromatic nitrogens is 3. The van der Waals surface area contributed by atoms with E-state index >= 15 is 0 Å². The van der Waals surface area contributed by atoms with Crippen molar-refractivity contribution in [1.29, 1.82) is 5.26 Å². The number of benzene rings is 1. The summed E-state index contributed by atoms with van der Waals surface area (Å²) in [4.78, 5) is 16.8. The van der Waals surface area contributed by atoms with Gasteiger partial charge in [-0.1, -0.05) is 37.5 Å². The van der Waals surface area contributed by atoms with Gasteiger partial charge >= 0.3 is 0 Å². The zero-order valence-corrected chi connectivity index (χ0v) is 16.7. The molecule has 30 heavy (non-hydrogen) atoms. The molecule has 0 saturated heterocycles. The van der Waals surface area contributed by atoms with Crippen molar-refractivity contribution < 1.29 is 4.79 Å². The first kappa shape index (κ1) is 19.6. The molecule has 0 aliphatic heterocycles. The van der Waals surface area contributed by atoms with Crippen LogP contribution in [0.4, 0.5) is 0 Å². The van der Waals surface area contributed by atoms with Gasteiger partial charge in [0, 0.05) is 35.8 Å². The minimum atomic E-state index is -0.750. The molecule has 0 unspecified atom stereocenters. The van der Waals surface area contributed by atoms with Crippen LogP contribution in [0.25, 0.3) is 23.0 Å². The molecule has 1 aliphatic carbocycles. The van der Waals surface area contributed by atoms with Gasteiger partial charge in [-0.3, -0.25) is 9.78 Å². The number of carbonyl (C=O) groups is 1. The van der Waals surface area contributed by atoms with Crippen molar-refractivity contribution in [2.24, 2.45) is 0 Å². The zero-order chi connectivity index (χ0) is 20.8. The third-order valence-electron chi connectivity index (χ3n) is 5.40. The highest BCUT2D eigenvalue weighted by molar-refractivity contribution is 5.93. The van der Waals surface area contributed by atoms with Crippen LogP contribution in [0.2, 0.25) is 0 Å². The molecule has 6 nitrogen and oxygen atoms in total. The Labute approximate surface area is 175 Å². The summed E-state index contributed by atoms with van der Waals surface area (Å²) >= 11 is 0. The van der Waals surface area contributed by atoms with Gasteiger partial charge in [0.15, 0.2) is 0 Å². The number of pyridine rings is 1. The smallest absolute Gasteiger partial charge is 0.245 e. The minimum Gasteiger partial charge on any atom is -0.334 e. The first-order valence-corrected chi connectivity index (χ1v) is 10.2. The zero-order valence-electron chi connectivity index (χ0n) is 16.7. The Balaban J connectivity index is 1.62. The van der Waals surface area contributed by atoms with E-state index in [1.165, 1.54) is 6.08 Å². The molecule has 0 spiro atoms. The van der Waals surface area contributed by atoms with E-state index in [0.29, 0.717) is 12.8 Å². The van der Waals surface area contributed by atoms with Gasteiger partial charge in [0.2, 0.25) is 5.91 Å². The predicted molar refractivity (Wildman–Crippen MR) is 115 cm³/mol. The molecule has 1 N–H and O–H groups in total. The fraction of sp³-hybridized carbons (Fsp3) is 0.250. The summed E-state index contributed by atoms with van der Waals surface area (Å²) in [5.41, 5.74) is 2.59. The summed E-state index contributed by atoms with van der Waals surface area (Å²) in [7, 11) is 0. The number of carbonyl (C=O) groups excluding carboxylic acids is 1. The van der Waals surface area contributed by atoms with E-state index in [-0.39, 0.29) is 5.91 Å². The SMILES string of the molecule is N#CC1(NC(=O)/C=C/c2cn(-c3ccccc3)nc2-c2cccnc2)CCCCC1. The molecule has 1 fully saturated rings. The molecular weight excluding hydrogens is 374 g/mol. The Morgan fingerprint density at radius 3 is 2.63 bits per heavy atom. The van der Waals surface area contributed by atoms with Crippen LogP contribution < -0.4 is 5.32 Å². The second-order valence-corrected chi connectivity index (χ2v) is 7.53. The van der Waals surface area contributed by atoms with Gasteiger partial charge in [0.05, 0.1) is 11.8 Å². The lowest BCUT2D eigenvalue weighted by Gasteiger charge is -2.31. The highest BCUT2D eigenvalue weighted by Gasteiger charge is 2.32. The maximum Gasteiger partial charge on any atom is 0.245 e. The van der Waals surface area contributed by atoms with Gasteiger partial charge in [-0.05, 0) is 43.2 Å². The normalized spacial score (nSPS) is 15.6. The van der Waals surface area contributed by atoms with E-state index in [2.05, 4.69) is 16.4 Å². The number of nitrogens with zero attached hydrogens (tertiary/aromatic N) is 4. The van der Waals surface area contributed by atoms with E-state index in [0.717, 1.165) is 41.8 Å². The molecule has 0 atom stereocenters. The van der Waals surface area contributed by atoms with Gasteiger partial charge in [-0.15, -0.1) is 0 Å².